The highest BCUT2D eigenvalue weighted by molar-refractivity contribution is 5.82. The first-order valence-electron chi connectivity index (χ1n) is 12.8. The third-order valence-corrected chi connectivity index (χ3v) is 7.08. The molecule has 0 amide bonds. The maximum Gasteiger partial charge on any atom is 0.181 e. The molecule has 39 heavy (non-hydrogen) atoms. The standard InChI is InChI=1S/C30H29N5O4/c1-37-34-28-27-29(32-19-31-28)35(20-33-27)26-17-24(36)25(39-26)18-38-30(21-11-5-2-6-12-21,22-13-7-3-8-14-22)23-15-9-4-10-16-23/h2-16,19-20,24-26,36H,17-18H2,1H3,(H,31,32,34)/t24-,25+,26+/m0/s1. The Balaban J connectivity index is 1.32. The molecule has 9 nitrogen and oxygen atoms in total. The van der Waals surface area contributed by atoms with Crippen LogP contribution in [-0.2, 0) is 19.9 Å². The molecule has 1 fully saturated rings. The fourth-order valence-electron chi connectivity index (χ4n) is 5.25. The van der Waals surface area contributed by atoms with Gasteiger partial charge in [-0.05, 0) is 16.7 Å². The Kier molecular flexibility index (Phi) is 7.04. The Morgan fingerprint density at radius 1 is 0.897 bits per heavy atom. The molecule has 1 aliphatic rings. The van der Waals surface area contributed by atoms with Crippen LogP contribution in [0.5, 0.6) is 0 Å². The maximum absolute atomic E-state index is 11.1. The highest BCUT2D eigenvalue weighted by Gasteiger charge is 2.42. The lowest BCUT2D eigenvalue weighted by molar-refractivity contribution is -0.0930. The summed E-state index contributed by atoms with van der Waals surface area (Å²) in [5, 5.41) is 11.1. The molecular formula is C30H29N5O4. The number of aliphatic hydroxyl groups excluding tert-OH is 1. The molecule has 9 heteroatoms. The van der Waals surface area contributed by atoms with Crippen LogP contribution < -0.4 is 5.48 Å². The van der Waals surface area contributed by atoms with Crippen molar-refractivity contribution in [2.75, 3.05) is 19.2 Å². The van der Waals surface area contributed by atoms with Crippen molar-refractivity contribution in [2.45, 2.75) is 30.5 Å². The van der Waals surface area contributed by atoms with E-state index in [9.17, 15) is 5.11 Å². The van der Waals surface area contributed by atoms with Crippen LogP contribution in [0.3, 0.4) is 0 Å². The van der Waals surface area contributed by atoms with Gasteiger partial charge in [0.15, 0.2) is 17.0 Å². The molecule has 0 saturated carbocycles. The van der Waals surface area contributed by atoms with Crippen LogP contribution in [0.4, 0.5) is 5.82 Å². The number of anilines is 1. The van der Waals surface area contributed by atoms with E-state index in [2.05, 4.69) is 56.8 Å². The first kappa shape index (κ1) is 25.1. The number of imidazole rings is 1. The summed E-state index contributed by atoms with van der Waals surface area (Å²) < 4.78 is 15.1. The van der Waals surface area contributed by atoms with Gasteiger partial charge in [-0.15, -0.1) is 0 Å². The first-order valence-corrected chi connectivity index (χ1v) is 12.8. The summed E-state index contributed by atoms with van der Waals surface area (Å²) >= 11 is 0. The lowest BCUT2D eigenvalue weighted by Crippen LogP contribution is -2.38. The highest BCUT2D eigenvalue weighted by atomic mass is 16.6. The lowest BCUT2D eigenvalue weighted by Gasteiger charge is -2.37. The van der Waals surface area contributed by atoms with Crippen LogP contribution >= 0.6 is 0 Å². The van der Waals surface area contributed by atoms with Gasteiger partial charge in [0.1, 0.15) is 24.3 Å². The molecule has 3 aromatic carbocycles. The van der Waals surface area contributed by atoms with Gasteiger partial charge in [-0.1, -0.05) is 91.0 Å². The minimum atomic E-state index is -0.902. The van der Waals surface area contributed by atoms with Gasteiger partial charge in [-0.25, -0.2) is 20.4 Å². The SMILES string of the molecule is CONc1ncnc2c1ncn2[C@H]1C[C@H](O)[C@@H](COC(c2ccccc2)(c2ccccc2)c2ccccc2)O1. The van der Waals surface area contributed by atoms with Crippen molar-refractivity contribution in [3.05, 3.63) is 120 Å². The molecule has 6 rings (SSSR count). The van der Waals surface area contributed by atoms with Crippen LogP contribution in [0.15, 0.2) is 104 Å². The molecule has 1 saturated heterocycles. The van der Waals surface area contributed by atoms with Crippen molar-refractivity contribution >= 4 is 17.0 Å². The zero-order valence-corrected chi connectivity index (χ0v) is 21.4. The second kappa shape index (κ2) is 10.9. The molecule has 5 aromatic rings. The maximum atomic E-state index is 11.1. The smallest absolute Gasteiger partial charge is 0.181 e. The van der Waals surface area contributed by atoms with E-state index < -0.39 is 24.0 Å². The number of nitrogens with one attached hydrogen (secondary N) is 1. The first-order chi connectivity index (χ1) is 19.2. The number of hydrogen-bond acceptors (Lipinski definition) is 8. The minimum absolute atomic E-state index is 0.161. The Morgan fingerprint density at radius 2 is 1.49 bits per heavy atom. The van der Waals surface area contributed by atoms with Gasteiger partial charge in [0.05, 0.1) is 26.1 Å². The van der Waals surface area contributed by atoms with Gasteiger partial charge in [0.2, 0.25) is 0 Å². The number of ether oxygens (including phenoxy) is 2. The molecule has 2 N–H and O–H groups in total. The van der Waals surface area contributed by atoms with Gasteiger partial charge >= 0.3 is 0 Å². The molecule has 1 aliphatic heterocycles. The van der Waals surface area contributed by atoms with Crippen molar-refractivity contribution in [3.63, 3.8) is 0 Å². The van der Waals surface area contributed by atoms with Crippen molar-refractivity contribution in [1.29, 1.82) is 0 Å². The fraction of sp³-hybridized carbons (Fsp3) is 0.233. The molecule has 0 spiro atoms. The van der Waals surface area contributed by atoms with Gasteiger partial charge in [-0.3, -0.25) is 9.40 Å². The summed E-state index contributed by atoms with van der Waals surface area (Å²) in [4.78, 5) is 18.0. The molecule has 0 aliphatic carbocycles. The number of fused-ring (bicyclic) bond motifs is 1. The minimum Gasteiger partial charge on any atom is -0.390 e. The summed E-state index contributed by atoms with van der Waals surface area (Å²) in [6, 6.07) is 30.4. The molecule has 0 unspecified atom stereocenters. The Bertz CT molecular complexity index is 1420. The second-order valence-electron chi connectivity index (χ2n) is 9.38. The van der Waals surface area contributed by atoms with E-state index in [0.717, 1.165) is 16.7 Å². The molecule has 3 heterocycles. The van der Waals surface area contributed by atoms with E-state index in [0.29, 0.717) is 23.4 Å². The zero-order valence-electron chi connectivity index (χ0n) is 21.4. The van der Waals surface area contributed by atoms with Crippen LogP contribution in [0.2, 0.25) is 0 Å². The fourth-order valence-corrected chi connectivity index (χ4v) is 5.25. The Labute approximate surface area is 226 Å². The van der Waals surface area contributed by atoms with E-state index in [1.807, 2.05) is 54.6 Å². The van der Waals surface area contributed by atoms with E-state index in [4.69, 9.17) is 14.3 Å². The molecule has 3 atom stereocenters. The molecule has 198 valence electrons. The predicted octanol–water partition coefficient (Wildman–Crippen LogP) is 4.46. The Hall–Kier alpha value is -4.15. The number of hydrogen-bond donors (Lipinski definition) is 2. The van der Waals surface area contributed by atoms with Gasteiger partial charge < -0.3 is 14.6 Å². The van der Waals surface area contributed by atoms with Crippen molar-refractivity contribution in [3.8, 4) is 0 Å². The number of aliphatic hydroxyl groups is 1. The van der Waals surface area contributed by atoms with E-state index >= 15 is 0 Å². The highest BCUT2D eigenvalue weighted by Crippen LogP contribution is 2.41. The number of aromatic nitrogens is 4. The quantitative estimate of drug-likeness (QED) is 0.216. The summed E-state index contributed by atoms with van der Waals surface area (Å²) in [6.45, 7) is 0.161. The predicted molar refractivity (Wildman–Crippen MR) is 146 cm³/mol. The average molecular weight is 524 g/mol. The van der Waals surface area contributed by atoms with E-state index in [1.54, 1.807) is 10.9 Å². The van der Waals surface area contributed by atoms with Crippen molar-refractivity contribution < 1.29 is 19.4 Å². The largest absolute Gasteiger partial charge is 0.390 e. The second-order valence-corrected chi connectivity index (χ2v) is 9.38. The summed E-state index contributed by atoms with van der Waals surface area (Å²) in [6.07, 6.45) is 1.66. The van der Waals surface area contributed by atoms with Gasteiger partial charge in [0, 0.05) is 6.42 Å². The van der Waals surface area contributed by atoms with Gasteiger partial charge in [-0.2, -0.15) is 0 Å². The number of nitrogens with zero attached hydrogens (tertiary/aromatic N) is 4. The third kappa shape index (κ3) is 4.66. The van der Waals surface area contributed by atoms with Crippen LogP contribution in [0.25, 0.3) is 11.2 Å². The molecule has 0 radical (unpaired) electrons. The van der Waals surface area contributed by atoms with E-state index in [1.165, 1.54) is 13.4 Å². The molecule has 0 bridgehead atoms. The zero-order chi connectivity index (χ0) is 26.7. The monoisotopic (exact) mass is 523 g/mol. The lowest BCUT2D eigenvalue weighted by atomic mass is 9.80. The molecule has 2 aromatic heterocycles. The average Bonchev–Trinajstić information content (AvgIpc) is 3.59. The Morgan fingerprint density at radius 3 is 2.05 bits per heavy atom. The summed E-state index contributed by atoms with van der Waals surface area (Å²) in [7, 11) is 1.51. The third-order valence-electron chi connectivity index (χ3n) is 7.08. The summed E-state index contributed by atoms with van der Waals surface area (Å²) in [5.74, 6) is 0.457. The van der Waals surface area contributed by atoms with Crippen LogP contribution in [-0.4, -0.2) is 50.6 Å². The van der Waals surface area contributed by atoms with Crippen molar-refractivity contribution in [1.82, 2.24) is 19.5 Å². The van der Waals surface area contributed by atoms with Crippen molar-refractivity contribution in [2.24, 2.45) is 0 Å². The topological polar surface area (TPSA) is 104 Å². The van der Waals surface area contributed by atoms with Crippen LogP contribution in [0, 0.1) is 0 Å². The number of rotatable bonds is 9. The van der Waals surface area contributed by atoms with Gasteiger partial charge in [0.25, 0.3) is 0 Å². The van der Waals surface area contributed by atoms with E-state index in [-0.39, 0.29) is 6.61 Å². The normalized spacial score (nSPS) is 19.4. The van der Waals surface area contributed by atoms with Crippen LogP contribution in [0.1, 0.15) is 29.3 Å². The molecular weight excluding hydrogens is 494 g/mol. The number of benzene rings is 3. The summed E-state index contributed by atoms with van der Waals surface area (Å²) in [5.41, 5.74) is 5.91.